The Balaban J connectivity index is 1.73. The standard InChI is InChI=1S/C22H21ClN2O5S/c1-3-28-18-12-14(10-16-20(26)24-22(31)25-21(16)27)11-17(23)19(18)30-9-8-29-15-6-4-13(2)5-7-15/h4-7,10-12H,3,8-9H2,1-2H3,(H2,24,25,26,27,31). The van der Waals surface area contributed by atoms with E-state index in [0.717, 1.165) is 11.3 Å². The molecule has 7 nitrogen and oxygen atoms in total. The molecule has 1 fully saturated rings. The number of thiocarbonyl (C=S) groups is 1. The first-order chi connectivity index (χ1) is 14.9. The number of halogens is 1. The maximum atomic E-state index is 12.1. The van der Waals surface area contributed by atoms with Crippen LogP contribution in [0.15, 0.2) is 42.0 Å². The maximum absolute atomic E-state index is 12.1. The number of carbonyl (C=O) groups is 2. The van der Waals surface area contributed by atoms with Crippen molar-refractivity contribution in [3.05, 3.63) is 58.1 Å². The van der Waals surface area contributed by atoms with E-state index in [1.54, 1.807) is 12.1 Å². The molecule has 1 aliphatic heterocycles. The summed E-state index contributed by atoms with van der Waals surface area (Å²) in [6.07, 6.45) is 1.41. The Morgan fingerprint density at radius 2 is 1.65 bits per heavy atom. The molecule has 31 heavy (non-hydrogen) atoms. The van der Waals surface area contributed by atoms with Crippen LogP contribution in [0.1, 0.15) is 18.1 Å². The van der Waals surface area contributed by atoms with Gasteiger partial charge in [0.15, 0.2) is 16.6 Å². The van der Waals surface area contributed by atoms with Gasteiger partial charge in [0.25, 0.3) is 11.8 Å². The fourth-order valence-electron chi connectivity index (χ4n) is 2.79. The minimum Gasteiger partial charge on any atom is -0.490 e. The molecule has 0 bridgehead atoms. The molecule has 0 spiro atoms. The van der Waals surface area contributed by atoms with Gasteiger partial charge in [0.2, 0.25) is 0 Å². The third-order valence-corrected chi connectivity index (χ3v) is 4.69. The van der Waals surface area contributed by atoms with E-state index in [0.29, 0.717) is 30.3 Å². The number of nitrogens with one attached hydrogen (secondary N) is 2. The molecule has 0 aromatic heterocycles. The molecule has 9 heteroatoms. The van der Waals surface area contributed by atoms with Gasteiger partial charge in [-0.25, -0.2) is 0 Å². The van der Waals surface area contributed by atoms with Gasteiger partial charge < -0.3 is 14.2 Å². The SMILES string of the molecule is CCOc1cc(C=C2C(=O)NC(=S)NC2=O)cc(Cl)c1OCCOc1ccc(C)cc1. The van der Waals surface area contributed by atoms with Gasteiger partial charge in [-0.15, -0.1) is 0 Å². The molecular formula is C22H21ClN2O5S. The average Bonchev–Trinajstić information content (AvgIpc) is 2.71. The fourth-order valence-corrected chi connectivity index (χ4v) is 3.24. The van der Waals surface area contributed by atoms with Gasteiger partial charge in [0.05, 0.1) is 11.6 Å². The maximum Gasteiger partial charge on any atom is 0.263 e. The molecule has 2 aromatic carbocycles. The number of ether oxygens (including phenoxy) is 3. The number of aryl methyl sites for hydroxylation is 1. The molecule has 0 saturated carbocycles. The first-order valence-corrected chi connectivity index (χ1v) is 10.3. The molecule has 3 rings (SSSR count). The lowest BCUT2D eigenvalue weighted by Crippen LogP contribution is -2.51. The Morgan fingerprint density at radius 3 is 2.29 bits per heavy atom. The van der Waals surface area contributed by atoms with E-state index in [1.165, 1.54) is 6.08 Å². The van der Waals surface area contributed by atoms with Crippen molar-refractivity contribution in [1.29, 1.82) is 0 Å². The van der Waals surface area contributed by atoms with E-state index in [2.05, 4.69) is 10.6 Å². The smallest absolute Gasteiger partial charge is 0.263 e. The zero-order chi connectivity index (χ0) is 22.4. The van der Waals surface area contributed by atoms with E-state index in [9.17, 15) is 9.59 Å². The monoisotopic (exact) mass is 460 g/mol. The summed E-state index contributed by atoms with van der Waals surface area (Å²) in [5.41, 5.74) is 1.56. The lowest BCUT2D eigenvalue weighted by Gasteiger charge is -2.17. The van der Waals surface area contributed by atoms with Crippen molar-refractivity contribution in [2.45, 2.75) is 13.8 Å². The van der Waals surface area contributed by atoms with Crippen LogP contribution in [-0.2, 0) is 9.59 Å². The zero-order valence-electron chi connectivity index (χ0n) is 17.0. The highest BCUT2D eigenvalue weighted by atomic mass is 35.5. The van der Waals surface area contributed by atoms with E-state index in [4.69, 9.17) is 38.0 Å². The number of carbonyl (C=O) groups excluding carboxylic acids is 2. The highest BCUT2D eigenvalue weighted by molar-refractivity contribution is 7.80. The second-order valence-electron chi connectivity index (χ2n) is 6.57. The molecule has 162 valence electrons. The Labute approximate surface area is 190 Å². The van der Waals surface area contributed by atoms with Gasteiger partial charge in [0.1, 0.15) is 24.5 Å². The molecule has 1 heterocycles. The van der Waals surface area contributed by atoms with Crippen molar-refractivity contribution in [3.8, 4) is 17.2 Å². The summed E-state index contributed by atoms with van der Waals surface area (Å²) in [6.45, 7) is 4.77. The van der Waals surface area contributed by atoms with Gasteiger partial charge >= 0.3 is 0 Å². The van der Waals surface area contributed by atoms with E-state index < -0.39 is 11.8 Å². The number of hydrogen-bond donors (Lipinski definition) is 2. The van der Waals surface area contributed by atoms with Gasteiger partial charge in [-0.3, -0.25) is 20.2 Å². The van der Waals surface area contributed by atoms with Crippen LogP contribution < -0.4 is 24.8 Å². The summed E-state index contributed by atoms with van der Waals surface area (Å²) in [4.78, 5) is 24.1. The fraction of sp³-hybridized carbons (Fsp3) is 0.227. The van der Waals surface area contributed by atoms with Gasteiger partial charge in [-0.2, -0.15) is 0 Å². The van der Waals surface area contributed by atoms with Crippen LogP contribution in [0.4, 0.5) is 0 Å². The van der Waals surface area contributed by atoms with Crippen LogP contribution in [0.2, 0.25) is 5.02 Å². The summed E-state index contributed by atoms with van der Waals surface area (Å²) < 4.78 is 17.1. The highest BCUT2D eigenvalue weighted by Crippen LogP contribution is 2.37. The summed E-state index contributed by atoms with van der Waals surface area (Å²) >= 11 is 11.2. The zero-order valence-corrected chi connectivity index (χ0v) is 18.6. The minimum absolute atomic E-state index is 0.0307. The molecule has 0 aliphatic carbocycles. The third kappa shape index (κ3) is 5.96. The Bertz CT molecular complexity index is 1010. The minimum atomic E-state index is -0.587. The van der Waals surface area contributed by atoms with E-state index in [1.807, 2.05) is 38.1 Å². The molecule has 1 aliphatic rings. The molecule has 0 atom stereocenters. The quantitative estimate of drug-likeness (QED) is 0.272. The molecular weight excluding hydrogens is 440 g/mol. The largest absolute Gasteiger partial charge is 0.490 e. The lowest BCUT2D eigenvalue weighted by atomic mass is 10.1. The Morgan fingerprint density at radius 1 is 1.00 bits per heavy atom. The van der Waals surface area contributed by atoms with Crippen LogP contribution in [0.5, 0.6) is 17.2 Å². The molecule has 2 aromatic rings. The van der Waals surface area contributed by atoms with Crippen molar-refractivity contribution in [1.82, 2.24) is 10.6 Å². The topological polar surface area (TPSA) is 85.9 Å². The van der Waals surface area contributed by atoms with Crippen LogP contribution in [0.3, 0.4) is 0 Å². The number of benzene rings is 2. The van der Waals surface area contributed by atoms with Gasteiger partial charge in [-0.1, -0.05) is 29.3 Å². The summed E-state index contributed by atoms with van der Waals surface area (Å²) in [7, 11) is 0. The molecule has 0 unspecified atom stereocenters. The molecule has 2 N–H and O–H groups in total. The first kappa shape index (κ1) is 22.6. The predicted octanol–water partition coefficient (Wildman–Crippen LogP) is 3.42. The summed E-state index contributed by atoms with van der Waals surface area (Å²) in [5.74, 6) is 0.324. The first-order valence-electron chi connectivity index (χ1n) is 9.54. The predicted molar refractivity (Wildman–Crippen MR) is 122 cm³/mol. The van der Waals surface area contributed by atoms with Crippen LogP contribution >= 0.6 is 23.8 Å². The van der Waals surface area contributed by atoms with E-state index >= 15 is 0 Å². The number of hydrogen-bond acceptors (Lipinski definition) is 6. The van der Waals surface area contributed by atoms with Crippen molar-refractivity contribution < 1.29 is 23.8 Å². The van der Waals surface area contributed by atoms with Gasteiger partial charge in [0, 0.05) is 0 Å². The Hall–Kier alpha value is -3.10. The van der Waals surface area contributed by atoms with Crippen molar-refractivity contribution in [2.75, 3.05) is 19.8 Å². The molecule has 2 amide bonds. The van der Waals surface area contributed by atoms with Crippen molar-refractivity contribution in [2.24, 2.45) is 0 Å². The highest BCUT2D eigenvalue weighted by Gasteiger charge is 2.26. The van der Waals surface area contributed by atoms with Gasteiger partial charge in [-0.05, 0) is 62.0 Å². The normalized spacial score (nSPS) is 13.4. The number of amides is 2. The summed E-state index contributed by atoms with van der Waals surface area (Å²) in [6, 6.07) is 10.9. The lowest BCUT2D eigenvalue weighted by molar-refractivity contribution is -0.123. The second-order valence-corrected chi connectivity index (χ2v) is 7.38. The number of rotatable bonds is 8. The van der Waals surface area contributed by atoms with Crippen molar-refractivity contribution in [3.63, 3.8) is 0 Å². The van der Waals surface area contributed by atoms with E-state index in [-0.39, 0.29) is 22.3 Å². The average molecular weight is 461 g/mol. The molecule has 0 radical (unpaired) electrons. The second kappa shape index (κ2) is 10.3. The van der Waals surface area contributed by atoms with Crippen LogP contribution in [0.25, 0.3) is 6.08 Å². The van der Waals surface area contributed by atoms with Crippen LogP contribution in [0, 0.1) is 6.92 Å². The van der Waals surface area contributed by atoms with Crippen molar-refractivity contribution >= 4 is 46.8 Å². The third-order valence-electron chi connectivity index (χ3n) is 4.21. The summed E-state index contributed by atoms with van der Waals surface area (Å²) in [5, 5.41) is 5.02. The molecule has 1 saturated heterocycles. The van der Waals surface area contributed by atoms with Crippen LogP contribution in [-0.4, -0.2) is 36.7 Å². The Kier molecular flexibility index (Phi) is 7.49.